The highest BCUT2D eigenvalue weighted by atomic mass is 28.3. The SMILES string of the molecule is C[C@H](N)[C@@H](O)CC#C[Si](C)(C)C. The molecule has 0 spiro atoms. The van der Waals surface area contributed by atoms with Crippen molar-refractivity contribution in [3.8, 4) is 11.5 Å². The minimum atomic E-state index is -1.27. The van der Waals surface area contributed by atoms with E-state index in [-0.39, 0.29) is 6.04 Å². The minimum absolute atomic E-state index is 0.180. The Morgan fingerprint density at radius 1 is 1.42 bits per heavy atom. The maximum atomic E-state index is 9.31. The van der Waals surface area contributed by atoms with Crippen molar-refractivity contribution < 1.29 is 5.11 Å². The standard InChI is InChI=1S/C9H19NOSi/c1-8(10)9(11)6-5-7-12(2,3)4/h8-9,11H,6,10H2,1-4H3/t8-,9-/m0/s1. The summed E-state index contributed by atoms with van der Waals surface area (Å²) in [5.74, 6) is 2.99. The molecule has 0 radical (unpaired) electrons. The molecule has 0 fully saturated rings. The third kappa shape index (κ3) is 6.41. The van der Waals surface area contributed by atoms with Crippen LogP contribution < -0.4 is 5.73 Å². The summed E-state index contributed by atoms with van der Waals surface area (Å²) in [6, 6.07) is -0.180. The van der Waals surface area contributed by atoms with Crippen LogP contribution in [0.4, 0.5) is 0 Å². The molecule has 0 unspecified atom stereocenters. The van der Waals surface area contributed by atoms with Crippen LogP contribution in [0.25, 0.3) is 0 Å². The molecule has 0 aromatic rings. The van der Waals surface area contributed by atoms with Crippen molar-refractivity contribution in [2.45, 2.75) is 45.1 Å². The average Bonchev–Trinajstić information content (AvgIpc) is 1.84. The molecular weight excluding hydrogens is 166 g/mol. The molecule has 2 atom stereocenters. The molecule has 0 saturated heterocycles. The van der Waals surface area contributed by atoms with Crippen molar-refractivity contribution in [1.82, 2.24) is 0 Å². The molecule has 0 aliphatic rings. The van der Waals surface area contributed by atoms with Gasteiger partial charge in [-0.05, 0) is 6.92 Å². The van der Waals surface area contributed by atoms with Gasteiger partial charge in [0.25, 0.3) is 0 Å². The van der Waals surface area contributed by atoms with E-state index in [9.17, 15) is 5.11 Å². The third-order valence-corrected chi connectivity index (χ3v) is 2.31. The van der Waals surface area contributed by atoms with Crippen LogP contribution in [-0.2, 0) is 0 Å². The largest absolute Gasteiger partial charge is 0.391 e. The minimum Gasteiger partial charge on any atom is -0.391 e. The van der Waals surface area contributed by atoms with Crippen molar-refractivity contribution in [2.75, 3.05) is 0 Å². The summed E-state index contributed by atoms with van der Waals surface area (Å²) in [5, 5.41) is 9.31. The monoisotopic (exact) mass is 185 g/mol. The lowest BCUT2D eigenvalue weighted by molar-refractivity contribution is 0.156. The number of rotatable bonds is 2. The molecule has 0 amide bonds. The fourth-order valence-electron chi connectivity index (χ4n) is 0.607. The summed E-state index contributed by atoms with van der Waals surface area (Å²) in [6.07, 6.45) is 0.0240. The average molecular weight is 185 g/mol. The van der Waals surface area contributed by atoms with Crippen molar-refractivity contribution in [2.24, 2.45) is 5.73 Å². The summed E-state index contributed by atoms with van der Waals surface area (Å²) in [4.78, 5) is 0. The predicted molar refractivity (Wildman–Crippen MR) is 55.4 cm³/mol. The maximum absolute atomic E-state index is 9.31. The Kier molecular flexibility index (Phi) is 4.54. The predicted octanol–water partition coefficient (Wildman–Crippen LogP) is 0.965. The molecule has 0 rings (SSSR count). The van der Waals surface area contributed by atoms with Crippen LogP contribution in [0.1, 0.15) is 13.3 Å². The molecule has 12 heavy (non-hydrogen) atoms. The number of nitrogens with two attached hydrogens (primary N) is 1. The normalized spacial score (nSPS) is 16.2. The van der Waals surface area contributed by atoms with E-state index in [1.165, 1.54) is 0 Å². The first kappa shape index (κ1) is 11.7. The van der Waals surface area contributed by atoms with Crippen LogP contribution in [0, 0.1) is 11.5 Å². The van der Waals surface area contributed by atoms with Gasteiger partial charge in [0.1, 0.15) is 8.07 Å². The Balaban J connectivity index is 3.87. The second-order valence-electron chi connectivity index (χ2n) is 4.18. The van der Waals surface area contributed by atoms with Crippen LogP contribution in [0.3, 0.4) is 0 Å². The Hall–Kier alpha value is -0.303. The first-order valence-corrected chi connectivity index (χ1v) is 7.76. The van der Waals surface area contributed by atoms with Gasteiger partial charge in [0.2, 0.25) is 0 Å². The number of hydrogen-bond acceptors (Lipinski definition) is 2. The summed E-state index contributed by atoms with van der Waals surface area (Å²) < 4.78 is 0. The van der Waals surface area contributed by atoms with E-state index in [0.29, 0.717) is 6.42 Å². The van der Waals surface area contributed by atoms with Gasteiger partial charge in [-0.25, -0.2) is 0 Å². The second-order valence-corrected chi connectivity index (χ2v) is 8.93. The summed E-state index contributed by atoms with van der Waals surface area (Å²) >= 11 is 0. The van der Waals surface area contributed by atoms with Gasteiger partial charge >= 0.3 is 0 Å². The van der Waals surface area contributed by atoms with Gasteiger partial charge < -0.3 is 10.8 Å². The van der Waals surface area contributed by atoms with E-state index in [4.69, 9.17) is 5.73 Å². The van der Waals surface area contributed by atoms with E-state index < -0.39 is 14.2 Å². The van der Waals surface area contributed by atoms with Gasteiger partial charge in [-0.15, -0.1) is 11.5 Å². The molecular formula is C9H19NOSi. The molecule has 0 aliphatic heterocycles. The molecule has 0 heterocycles. The Bertz CT molecular complexity index is 185. The van der Waals surface area contributed by atoms with Crippen molar-refractivity contribution in [3.63, 3.8) is 0 Å². The molecule has 70 valence electrons. The summed E-state index contributed by atoms with van der Waals surface area (Å²) in [6.45, 7) is 8.33. The number of hydrogen-bond donors (Lipinski definition) is 2. The molecule has 0 bridgehead atoms. The summed E-state index contributed by atoms with van der Waals surface area (Å²) in [7, 11) is -1.27. The van der Waals surface area contributed by atoms with Crippen LogP contribution in [-0.4, -0.2) is 25.3 Å². The quantitative estimate of drug-likeness (QED) is 0.497. The molecule has 0 aromatic carbocycles. The van der Waals surface area contributed by atoms with E-state index in [1.54, 1.807) is 6.92 Å². The highest BCUT2D eigenvalue weighted by Crippen LogP contribution is 1.98. The van der Waals surface area contributed by atoms with E-state index in [2.05, 4.69) is 31.1 Å². The smallest absolute Gasteiger partial charge is 0.129 e. The van der Waals surface area contributed by atoms with Crippen LogP contribution in [0.5, 0.6) is 0 Å². The Labute approximate surface area is 76.2 Å². The van der Waals surface area contributed by atoms with Gasteiger partial charge in [-0.2, -0.15) is 0 Å². The number of aliphatic hydroxyl groups excluding tert-OH is 1. The molecule has 3 N–H and O–H groups in total. The topological polar surface area (TPSA) is 46.2 Å². The zero-order valence-corrected chi connectivity index (χ0v) is 9.39. The van der Waals surface area contributed by atoms with E-state index in [0.717, 1.165) is 0 Å². The fraction of sp³-hybridized carbons (Fsp3) is 0.778. The van der Waals surface area contributed by atoms with Gasteiger partial charge in [-0.1, -0.05) is 19.6 Å². The second kappa shape index (κ2) is 4.66. The molecule has 0 aliphatic carbocycles. The van der Waals surface area contributed by atoms with Crippen LogP contribution in [0.2, 0.25) is 19.6 Å². The first-order chi connectivity index (χ1) is 5.33. The van der Waals surface area contributed by atoms with E-state index in [1.807, 2.05) is 0 Å². The van der Waals surface area contributed by atoms with Crippen molar-refractivity contribution in [3.05, 3.63) is 0 Å². The maximum Gasteiger partial charge on any atom is 0.129 e. The molecule has 0 saturated carbocycles. The number of aliphatic hydroxyl groups is 1. The van der Waals surface area contributed by atoms with Crippen molar-refractivity contribution in [1.29, 1.82) is 0 Å². The lowest BCUT2D eigenvalue weighted by atomic mass is 10.1. The molecule has 3 heteroatoms. The van der Waals surface area contributed by atoms with Gasteiger partial charge in [0, 0.05) is 12.5 Å². The van der Waals surface area contributed by atoms with Crippen molar-refractivity contribution >= 4 is 8.07 Å². The third-order valence-electron chi connectivity index (χ3n) is 1.38. The molecule has 2 nitrogen and oxygen atoms in total. The highest BCUT2D eigenvalue weighted by molar-refractivity contribution is 6.83. The lowest BCUT2D eigenvalue weighted by Gasteiger charge is -2.10. The summed E-state index contributed by atoms with van der Waals surface area (Å²) in [5.41, 5.74) is 8.66. The van der Waals surface area contributed by atoms with E-state index >= 15 is 0 Å². The Morgan fingerprint density at radius 3 is 2.25 bits per heavy atom. The lowest BCUT2D eigenvalue weighted by Crippen LogP contribution is -2.31. The zero-order chi connectivity index (χ0) is 9.78. The van der Waals surface area contributed by atoms with Gasteiger partial charge in [0.05, 0.1) is 6.10 Å². The molecule has 0 aromatic heterocycles. The van der Waals surface area contributed by atoms with Gasteiger partial charge in [-0.3, -0.25) is 0 Å². The van der Waals surface area contributed by atoms with Gasteiger partial charge in [0.15, 0.2) is 0 Å². The zero-order valence-electron chi connectivity index (χ0n) is 8.39. The highest BCUT2D eigenvalue weighted by Gasteiger charge is 2.09. The Morgan fingerprint density at radius 2 is 1.92 bits per heavy atom. The fourth-order valence-corrected chi connectivity index (χ4v) is 1.24. The van der Waals surface area contributed by atoms with Crippen LogP contribution >= 0.6 is 0 Å². The first-order valence-electron chi connectivity index (χ1n) is 4.26. The van der Waals surface area contributed by atoms with Crippen LogP contribution in [0.15, 0.2) is 0 Å².